The Labute approximate surface area is 184 Å². The summed E-state index contributed by atoms with van der Waals surface area (Å²) in [6.45, 7) is 6.74. The minimum absolute atomic E-state index is 0. The lowest BCUT2D eigenvalue weighted by Gasteiger charge is -2.11. The lowest BCUT2D eigenvalue weighted by atomic mass is 10.1. The van der Waals surface area contributed by atoms with Gasteiger partial charge in [-0.15, -0.1) is 24.0 Å². The largest absolute Gasteiger partial charge is 0.378 e. The molecular weight excluding hydrogens is 491 g/mol. The van der Waals surface area contributed by atoms with Crippen LogP contribution in [0.5, 0.6) is 0 Å². The molecule has 0 unspecified atom stereocenters. The average Bonchev–Trinajstić information content (AvgIpc) is 2.92. The molecule has 1 heterocycles. The number of benzene rings is 1. The highest BCUT2D eigenvalue weighted by Crippen LogP contribution is 2.21. The number of aliphatic imine (C=N–C) groups is 1. The van der Waals surface area contributed by atoms with E-state index in [1.54, 1.807) is 0 Å². The maximum absolute atomic E-state index is 11.0. The van der Waals surface area contributed by atoms with Crippen molar-refractivity contribution in [3.05, 3.63) is 35.5 Å². The van der Waals surface area contributed by atoms with Gasteiger partial charge < -0.3 is 20.4 Å². The van der Waals surface area contributed by atoms with Gasteiger partial charge in [-0.1, -0.05) is 18.2 Å². The van der Waals surface area contributed by atoms with Crippen molar-refractivity contribution in [3.63, 3.8) is 0 Å². The van der Waals surface area contributed by atoms with Crippen LogP contribution < -0.4 is 10.6 Å². The predicted octanol–water partition coefficient (Wildman–Crippen LogP) is 2.25. The predicted molar refractivity (Wildman–Crippen MR) is 127 cm³/mol. The monoisotopic (exact) mass is 522 g/mol. The summed E-state index contributed by atoms with van der Waals surface area (Å²) in [6, 6.07) is 8.33. The first kappa shape index (κ1) is 24.7. The van der Waals surface area contributed by atoms with E-state index in [4.69, 9.17) is 4.74 Å². The smallest absolute Gasteiger partial charge is 0.191 e. The molecule has 0 saturated carbocycles. The molecule has 0 amide bonds. The number of sulfone groups is 1. The van der Waals surface area contributed by atoms with Crippen LogP contribution in [0.3, 0.4) is 0 Å². The van der Waals surface area contributed by atoms with Crippen LogP contribution in [0.1, 0.15) is 18.2 Å². The number of rotatable bonds is 10. The van der Waals surface area contributed by atoms with Gasteiger partial charge in [-0.25, -0.2) is 8.42 Å². The Morgan fingerprint density at radius 2 is 1.96 bits per heavy atom. The zero-order chi connectivity index (χ0) is 19.7. The highest BCUT2D eigenvalue weighted by atomic mass is 127. The Morgan fingerprint density at radius 3 is 2.68 bits per heavy atom. The number of para-hydroxylation sites is 1. The van der Waals surface area contributed by atoms with E-state index >= 15 is 0 Å². The van der Waals surface area contributed by atoms with Crippen molar-refractivity contribution in [1.82, 2.24) is 15.6 Å². The van der Waals surface area contributed by atoms with Crippen molar-refractivity contribution in [2.45, 2.75) is 20.3 Å². The summed E-state index contributed by atoms with van der Waals surface area (Å²) < 4.78 is 27.4. The fraction of sp³-hybridized carbons (Fsp3) is 0.526. The molecule has 0 atom stereocenters. The number of nitrogens with one attached hydrogen (secondary N) is 3. The summed E-state index contributed by atoms with van der Waals surface area (Å²) in [7, 11) is -2.98. The summed E-state index contributed by atoms with van der Waals surface area (Å²) in [4.78, 5) is 7.88. The Hall–Kier alpha value is -1.33. The van der Waals surface area contributed by atoms with Crippen LogP contribution >= 0.6 is 24.0 Å². The summed E-state index contributed by atoms with van der Waals surface area (Å²) in [6.07, 6.45) is 2.10. The van der Waals surface area contributed by atoms with Gasteiger partial charge in [-0.3, -0.25) is 4.99 Å². The molecule has 0 spiro atoms. The number of hydrogen-bond acceptors (Lipinski definition) is 4. The van der Waals surface area contributed by atoms with E-state index in [0.717, 1.165) is 31.0 Å². The Balaban J connectivity index is 0.00000392. The zero-order valence-corrected chi connectivity index (χ0v) is 19.9. The number of aromatic amines is 1. The number of H-pyrrole nitrogens is 1. The molecule has 9 heteroatoms. The van der Waals surface area contributed by atoms with Crippen molar-refractivity contribution in [1.29, 1.82) is 0 Å². The van der Waals surface area contributed by atoms with Gasteiger partial charge in [0.05, 0.1) is 25.5 Å². The van der Waals surface area contributed by atoms with E-state index in [-0.39, 0.29) is 36.3 Å². The van der Waals surface area contributed by atoms with Crippen LogP contribution in [-0.2, 0) is 21.0 Å². The van der Waals surface area contributed by atoms with E-state index in [0.29, 0.717) is 13.2 Å². The normalized spacial score (nSPS) is 12.0. The summed E-state index contributed by atoms with van der Waals surface area (Å²) >= 11 is 0. The number of ether oxygens (including phenoxy) is 1. The molecule has 3 N–H and O–H groups in total. The van der Waals surface area contributed by atoms with E-state index in [2.05, 4.69) is 45.7 Å². The van der Waals surface area contributed by atoms with Gasteiger partial charge >= 0.3 is 0 Å². The minimum Gasteiger partial charge on any atom is -0.378 e. The molecule has 1 aromatic carbocycles. The second kappa shape index (κ2) is 12.3. The van der Waals surface area contributed by atoms with Crippen LogP contribution in [0.25, 0.3) is 10.9 Å². The van der Waals surface area contributed by atoms with Crippen LogP contribution in [-0.4, -0.2) is 64.2 Å². The maximum atomic E-state index is 11.0. The molecule has 158 valence electrons. The topological polar surface area (TPSA) is 95.6 Å². The third-order valence-electron chi connectivity index (χ3n) is 4.14. The molecule has 2 rings (SSSR count). The van der Waals surface area contributed by atoms with Gasteiger partial charge in [-0.2, -0.15) is 0 Å². The molecule has 0 aliphatic heterocycles. The van der Waals surface area contributed by atoms with E-state index in [1.807, 2.05) is 13.0 Å². The summed E-state index contributed by atoms with van der Waals surface area (Å²) in [5.41, 5.74) is 3.68. The maximum Gasteiger partial charge on any atom is 0.191 e. The molecule has 28 heavy (non-hydrogen) atoms. The molecule has 0 fully saturated rings. The fourth-order valence-corrected chi connectivity index (χ4v) is 3.26. The van der Waals surface area contributed by atoms with E-state index < -0.39 is 9.84 Å². The second-order valence-electron chi connectivity index (χ2n) is 6.45. The summed E-state index contributed by atoms with van der Waals surface area (Å²) in [5, 5.41) is 7.81. The third kappa shape index (κ3) is 8.36. The van der Waals surface area contributed by atoms with Gasteiger partial charge in [0, 0.05) is 35.9 Å². The first-order valence-electron chi connectivity index (χ1n) is 9.24. The van der Waals surface area contributed by atoms with Crippen molar-refractivity contribution >= 4 is 50.7 Å². The van der Waals surface area contributed by atoms with Gasteiger partial charge in [0.25, 0.3) is 0 Å². The van der Waals surface area contributed by atoms with Crippen LogP contribution in [0.15, 0.2) is 29.3 Å². The average molecular weight is 522 g/mol. The number of fused-ring (bicyclic) bond motifs is 1. The number of guanidine groups is 1. The molecule has 0 bridgehead atoms. The second-order valence-corrected chi connectivity index (χ2v) is 8.71. The van der Waals surface area contributed by atoms with Crippen LogP contribution in [0.4, 0.5) is 0 Å². The standard InChI is InChI=1S/C19H30N4O3S.HI/c1-4-20-19(22-11-12-26-13-14-27(3,24)25)21-10-9-16-15(2)23-18-8-6-5-7-17(16)18;/h5-8,23H,4,9-14H2,1-3H3,(H2,20,21,22);1H. The Kier molecular flexibility index (Phi) is 10.8. The van der Waals surface area contributed by atoms with E-state index in [9.17, 15) is 8.42 Å². The van der Waals surface area contributed by atoms with Gasteiger partial charge in [-0.05, 0) is 31.9 Å². The van der Waals surface area contributed by atoms with Crippen molar-refractivity contribution < 1.29 is 13.2 Å². The molecule has 0 aliphatic rings. The lowest BCUT2D eigenvalue weighted by molar-refractivity contribution is 0.157. The van der Waals surface area contributed by atoms with Crippen LogP contribution in [0.2, 0.25) is 0 Å². The molecule has 7 nitrogen and oxygen atoms in total. The number of nitrogens with zero attached hydrogens (tertiary/aromatic N) is 1. The van der Waals surface area contributed by atoms with Crippen molar-refractivity contribution in [2.75, 3.05) is 44.9 Å². The highest BCUT2D eigenvalue weighted by molar-refractivity contribution is 14.0. The van der Waals surface area contributed by atoms with E-state index in [1.165, 1.54) is 22.9 Å². The molecule has 0 saturated heterocycles. The van der Waals surface area contributed by atoms with Gasteiger partial charge in [0.1, 0.15) is 9.84 Å². The molecular formula is C19H31IN4O3S. The van der Waals surface area contributed by atoms with Gasteiger partial charge in [0.15, 0.2) is 5.96 Å². The molecule has 1 aromatic heterocycles. The molecule has 0 radical (unpaired) electrons. The fourth-order valence-electron chi connectivity index (χ4n) is 2.84. The molecule has 0 aliphatic carbocycles. The molecule has 2 aromatic rings. The number of hydrogen-bond donors (Lipinski definition) is 3. The lowest BCUT2D eigenvalue weighted by Crippen LogP contribution is -2.38. The summed E-state index contributed by atoms with van der Waals surface area (Å²) in [5.74, 6) is 0.778. The number of aryl methyl sites for hydroxylation is 1. The minimum atomic E-state index is -2.98. The van der Waals surface area contributed by atoms with Crippen LogP contribution in [0, 0.1) is 6.92 Å². The zero-order valence-electron chi connectivity index (χ0n) is 16.7. The first-order chi connectivity index (χ1) is 12.9. The SMILES string of the molecule is CCNC(=NCCOCCS(C)(=O)=O)NCCc1c(C)[nH]c2ccccc12.I. The first-order valence-corrected chi connectivity index (χ1v) is 11.3. The number of halogens is 1. The quantitative estimate of drug-likeness (QED) is 0.193. The highest BCUT2D eigenvalue weighted by Gasteiger charge is 2.08. The van der Waals surface area contributed by atoms with Crippen molar-refractivity contribution in [2.24, 2.45) is 4.99 Å². The van der Waals surface area contributed by atoms with Gasteiger partial charge in [0.2, 0.25) is 0 Å². The Morgan fingerprint density at radius 1 is 1.21 bits per heavy atom. The number of aromatic nitrogens is 1. The third-order valence-corrected chi connectivity index (χ3v) is 5.05. The van der Waals surface area contributed by atoms with Crippen molar-refractivity contribution in [3.8, 4) is 0 Å². The Bertz CT molecular complexity index is 865.